The van der Waals surface area contributed by atoms with Crippen LogP contribution in [0, 0.1) is 0 Å². The maximum Gasteiger partial charge on any atom is 0.387 e. The Hall–Kier alpha value is -3.87. The molecule has 0 bridgehead atoms. The number of rotatable bonds is 7. The Balaban J connectivity index is 1.61. The number of nitrogens with zero attached hydrogens (tertiary/aromatic N) is 2. The van der Waals surface area contributed by atoms with Gasteiger partial charge in [0.05, 0.1) is 5.69 Å². The molecule has 30 heavy (non-hydrogen) atoms. The molecule has 0 atom stereocenters. The minimum atomic E-state index is -2.84. The van der Waals surface area contributed by atoms with E-state index in [1.54, 1.807) is 24.4 Å². The maximum absolute atomic E-state index is 12.4. The lowest BCUT2D eigenvalue weighted by molar-refractivity contribution is -0.0498. The zero-order valence-corrected chi connectivity index (χ0v) is 16.0. The lowest BCUT2D eigenvalue weighted by atomic mass is 10.1. The first-order valence-electron chi connectivity index (χ1n) is 9.34. The third-order valence-electron chi connectivity index (χ3n) is 4.54. The average Bonchev–Trinajstić information content (AvgIpc) is 3.13. The van der Waals surface area contributed by atoms with Crippen molar-refractivity contribution in [1.29, 1.82) is 0 Å². The van der Waals surface area contributed by atoms with Crippen LogP contribution in [0.4, 0.5) is 26.0 Å². The van der Waals surface area contributed by atoms with Gasteiger partial charge < -0.3 is 20.4 Å². The highest BCUT2D eigenvalue weighted by Gasteiger charge is 2.11. The summed E-state index contributed by atoms with van der Waals surface area (Å²) < 4.78 is 31.2. The van der Waals surface area contributed by atoms with E-state index in [4.69, 9.17) is 5.73 Å². The molecule has 7 heteroatoms. The molecule has 5 nitrogen and oxygen atoms in total. The van der Waals surface area contributed by atoms with Crippen LogP contribution >= 0.6 is 0 Å². The molecule has 152 valence electrons. The van der Waals surface area contributed by atoms with Gasteiger partial charge in [-0.1, -0.05) is 36.4 Å². The van der Waals surface area contributed by atoms with E-state index >= 15 is 0 Å². The van der Waals surface area contributed by atoms with Gasteiger partial charge in [-0.25, -0.2) is 4.98 Å². The normalized spacial score (nSPS) is 10.9. The molecular weight excluding hydrogens is 386 g/mol. The second-order valence-corrected chi connectivity index (χ2v) is 6.74. The van der Waals surface area contributed by atoms with E-state index in [9.17, 15) is 8.78 Å². The van der Waals surface area contributed by atoms with Gasteiger partial charge in [0.2, 0.25) is 0 Å². The van der Waals surface area contributed by atoms with Gasteiger partial charge in [-0.3, -0.25) is 0 Å². The number of nitrogens with one attached hydrogen (secondary N) is 1. The molecule has 3 N–H and O–H groups in total. The molecule has 0 radical (unpaired) electrons. The largest absolute Gasteiger partial charge is 0.435 e. The van der Waals surface area contributed by atoms with Gasteiger partial charge >= 0.3 is 6.61 Å². The van der Waals surface area contributed by atoms with Gasteiger partial charge in [-0.2, -0.15) is 8.78 Å². The zero-order valence-electron chi connectivity index (χ0n) is 16.0. The number of benzene rings is 2. The molecule has 4 aromatic rings. The number of hydrogen-bond acceptors (Lipinski definition) is 4. The van der Waals surface area contributed by atoms with Crippen molar-refractivity contribution in [2.24, 2.45) is 0 Å². The van der Waals surface area contributed by atoms with Gasteiger partial charge in [0.25, 0.3) is 0 Å². The molecular formula is C23H20F2N4O. The molecule has 0 aliphatic carbocycles. The first-order valence-corrected chi connectivity index (χ1v) is 9.34. The monoisotopic (exact) mass is 406 g/mol. The molecule has 2 heterocycles. The summed E-state index contributed by atoms with van der Waals surface area (Å²) in [6.45, 7) is -2.21. The predicted molar refractivity (Wildman–Crippen MR) is 114 cm³/mol. The third-order valence-corrected chi connectivity index (χ3v) is 4.54. The van der Waals surface area contributed by atoms with Crippen molar-refractivity contribution in [3.05, 3.63) is 90.9 Å². The molecule has 2 aromatic carbocycles. The van der Waals surface area contributed by atoms with Gasteiger partial charge in [0.1, 0.15) is 11.6 Å². The Bertz CT molecular complexity index is 1090. The number of pyridine rings is 1. The van der Waals surface area contributed by atoms with E-state index in [1.807, 2.05) is 42.6 Å². The SMILES string of the molecule is Nc1ccc(Cn2cc(Nc3ccc(OC(F)F)cc3)c(-c3ccccc3)c2)cn1. The Labute approximate surface area is 172 Å². The highest BCUT2D eigenvalue weighted by Crippen LogP contribution is 2.32. The van der Waals surface area contributed by atoms with Crippen molar-refractivity contribution in [3.8, 4) is 16.9 Å². The summed E-state index contributed by atoms with van der Waals surface area (Å²) in [5.74, 6) is 0.602. The summed E-state index contributed by atoms with van der Waals surface area (Å²) >= 11 is 0. The lowest BCUT2D eigenvalue weighted by Gasteiger charge is -2.09. The van der Waals surface area contributed by atoms with Crippen LogP contribution in [0.2, 0.25) is 0 Å². The molecule has 0 spiro atoms. The number of alkyl halides is 2. The highest BCUT2D eigenvalue weighted by molar-refractivity contribution is 5.81. The standard InChI is InChI=1S/C23H20F2N4O/c24-23(25)30-19-9-7-18(8-10-19)28-21-15-29(13-16-6-11-22(26)27-12-16)14-20(21)17-4-2-1-3-5-17/h1-12,14-15,23,28H,13H2,(H2,26,27). The first-order chi connectivity index (χ1) is 14.6. The van der Waals surface area contributed by atoms with Crippen LogP contribution in [0.1, 0.15) is 5.56 Å². The third kappa shape index (κ3) is 4.75. The van der Waals surface area contributed by atoms with Gasteiger partial charge in [-0.05, 0) is 41.5 Å². The molecule has 2 aromatic heterocycles. The zero-order chi connectivity index (χ0) is 20.9. The van der Waals surface area contributed by atoms with Crippen molar-refractivity contribution < 1.29 is 13.5 Å². The topological polar surface area (TPSA) is 65.1 Å². The lowest BCUT2D eigenvalue weighted by Crippen LogP contribution is -2.01. The number of anilines is 3. The van der Waals surface area contributed by atoms with Crippen LogP contribution in [0.3, 0.4) is 0 Å². The molecule has 0 saturated carbocycles. The predicted octanol–water partition coefficient (Wildman–Crippen LogP) is 5.53. The summed E-state index contributed by atoms with van der Waals surface area (Å²) in [7, 11) is 0. The van der Waals surface area contributed by atoms with E-state index in [2.05, 4.69) is 25.8 Å². The summed E-state index contributed by atoms with van der Waals surface area (Å²) in [6.07, 6.45) is 5.82. The fourth-order valence-electron chi connectivity index (χ4n) is 3.16. The molecule has 4 rings (SSSR count). The number of nitrogens with two attached hydrogens (primary N) is 1. The van der Waals surface area contributed by atoms with Crippen LogP contribution in [-0.4, -0.2) is 16.2 Å². The Morgan fingerprint density at radius 2 is 1.73 bits per heavy atom. The van der Waals surface area contributed by atoms with E-state index in [1.165, 1.54) is 12.1 Å². The maximum atomic E-state index is 12.4. The minimum Gasteiger partial charge on any atom is -0.435 e. The number of halogens is 2. The quantitative estimate of drug-likeness (QED) is 0.424. The van der Waals surface area contributed by atoms with Crippen molar-refractivity contribution >= 4 is 17.2 Å². The van der Waals surface area contributed by atoms with Crippen LogP contribution < -0.4 is 15.8 Å². The number of hydrogen-bond donors (Lipinski definition) is 2. The van der Waals surface area contributed by atoms with Gasteiger partial charge in [0, 0.05) is 36.4 Å². The van der Waals surface area contributed by atoms with Crippen molar-refractivity contribution in [1.82, 2.24) is 9.55 Å². The summed E-state index contributed by atoms with van der Waals surface area (Å²) in [5, 5.41) is 3.37. The van der Waals surface area contributed by atoms with E-state index in [0.717, 1.165) is 28.1 Å². The first kappa shape index (κ1) is 19.4. The van der Waals surface area contributed by atoms with Gasteiger partial charge in [-0.15, -0.1) is 0 Å². The number of nitrogen functional groups attached to an aromatic ring is 1. The van der Waals surface area contributed by atoms with Crippen LogP contribution in [0.5, 0.6) is 5.75 Å². The number of ether oxygens (including phenoxy) is 1. The Kier molecular flexibility index (Phi) is 5.61. The van der Waals surface area contributed by atoms with Crippen molar-refractivity contribution in [2.45, 2.75) is 13.2 Å². The molecule has 0 saturated heterocycles. The number of aromatic nitrogens is 2. The molecule has 0 fully saturated rings. The molecule has 0 unspecified atom stereocenters. The molecule has 0 aliphatic rings. The summed E-state index contributed by atoms with van der Waals surface area (Å²) in [4.78, 5) is 4.14. The Morgan fingerprint density at radius 3 is 2.40 bits per heavy atom. The minimum absolute atomic E-state index is 0.118. The highest BCUT2D eigenvalue weighted by atomic mass is 19.3. The smallest absolute Gasteiger partial charge is 0.387 e. The van der Waals surface area contributed by atoms with E-state index in [-0.39, 0.29) is 5.75 Å². The molecule has 0 amide bonds. The summed E-state index contributed by atoms with van der Waals surface area (Å²) in [5.41, 5.74) is 10.4. The molecule has 0 aliphatic heterocycles. The fourth-order valence-corrected chi connectivity index (χ4v) is 3.16. The second-order valence-electron chi connectivity index (χ2n) is 6.74. The van der Waals surface area contributed by atoms with Crippen LogP contribution in [0.15, 0.2) is 85.3 Å². The van der Waals surface area contributed by atoms with Crippen molar-refractivity contribution in [3.63, 3.8) is 0 Å². The van der Waals surface area contributed by atoms with Crippen LogP contribution in [0.25, 0.3) is 11.1 Å². The van der Waals surface area contributed by atoms with Gasteiger partial charge in [0.15, 0.2) is 0 Å². The Morgan fingerprint density at radius 1 is 0.967 bits per heavy atom. The van der Waals surface area contributed by atoms with Crippen molar-refractivity contribution in [2.75, 3.05) is 11.1 Å². The average molecular weight is 406 g/mol. The summed E-state index contributed by atoms with van der Waals surface area (Å²) in [6, 6.07) is 20.1. The van der Waals surface area contributed by atoms with E-state index < -0.39 is 6.61 Å². The second kappa shape index (κ2) is 8.65. The fraction of sp³-hybridized carbons (Fsp3) is 0.0870. The van der Waals surface area contributed by atoms with Crippen LogP contribution in [-0.2, 0) is 6.54 Å². The van der Waals surface area contributed by atoms with E-state index in [0.29, 0.717) is 12.4 Å².